The summed E-state index contributed by atoms with van der Waals surface area (Å²) in [6.07, 6.45) is 11.1. The summed E-state index contributed by atoms with van der Waals surface area (Å²) in [5, 5.41) is 5.15. The molecule has 5 aliphatic rings. The summed E-state index contributed by atoms with van der Waals surface area (Å²) in [5.74, 6) is 1.96. The highest BCUT2D eigenvalue weighted by atomic mass is 19.1. The third-order valence-electron chi connectivity index (χ3n) is 11.6. The Morgan fingerprint density at radius 1 is 1.14 bits per heavy atom. The van der Waals surface area contributed by atoms with Crippen molar-refractivity contribution in [3.8, 4) is 35.5 Å². The molecule has 5 atom stereocenters. The number of piperazine rings is 1. The predicted molar refractivity (Wildman–Crippen MR) is 187 cm³/mol. The van der Waals surface area contributed by atoms with Crippen molar-refractivity contribution >= 4 is 33.6 Å². The number of ether oxygens (including phenoxy) is 3. The Labute approximate surface area is 294 Å². The van der Waals surface area contributed by atoms with E-state index in [2.05, 4.69) is 21.0 Å². The molecule has 2 aromatic carbocycles. The van der Waals surface area contributed by atoms with Gasteiger partial charge in [0.1, 0.15) is 48.1 Å². The summed E-state index contributed by atoms with van der Waals surface area (Å²) >= 11 is 0. The molecule has 5 aliphatic heterocycles. The van der Waals surface area contributed by atoms with Crippen molar-refractivity contribution in [2.45, 2.75) is 68.2 Å². The number of fused-ring (bicyclic) bond motifs is 7. The Hall–Kier alpha value is -4.80. The van der Waals surface area contributed by atoms with E-state index in [0.29, 0.717) is 53.9 Å². The van der Waals surface area contributed by atoms with Gasteiger partial charge in [-0.3, -0.25) is 4.90 Å². The normalized spacial score (nSPS) is 26.4. The number of hydrogen-bond acceptors (Lipinski definition) is 10. The van der Waals surface area contributed by atoms with E-state index in [1.807, 2.05) is 0 Å². The standard InChI is InChI=1S/C38H39F2N7O4/c1-4-24-26(39)11-9-21-7-5-8-25(29(21)24)32-31(40)33-30-34(46-17-22-10-12-27(41-22)28(46)19-49-35(30)42-32)44-36(43-33)51-20-38-14-6-16-47(38)23(13-15-38)18-50-37(48)45(2)3/h1,5,7-9,11,22-23,27-28,41H,6,10,12-20H2,2-3H3/t22-,23?,27+,28+,38?/m0/s1. The van der Waals surface area contributed by atoms with E-state index in [-0.39, 0.29) is 64.5 Å². The van der Waals surface area contributed by atoms with E-state index in [1.54, 1.807) is 38.4 Å². The zero-order chi connectivity index (χ0) is 35.0. The molecule has 264 valence electrons. The van der Waals surface area contributed by atoms with E-state index in [4.69, 9.17) is 35.6 Å². The van der Waals surface area contributed by atoms with Crippen LogP contribution in [0.2, 0.25) is 0 Å². The zero-order valence-corrected chi connectivity index (χ0v) is 28.6. The molecule has 13 heteroatoms. The van der Waals surface area contributed by atoms with E-state index in [1.165, 1.54) is 11.0 Å². The minimum absolute atomic E-state index is 0.0258. The maximum absolute atomic E-state index is 17.2. The van der Waals surface area contributed by atoms with Crippen LogP contribution >= 0.6 is 0 Å². The molecule has 11 nitrogen and oxygen atoms in total. The number of hydrogen-bond donors (Lipinski definition) is 1. The van der Waals surface area contributed by atoms with Gasteiger partial charge >= 0.3 is 12.1 Å². The van der Waals surface area contributed by atoms with Crippen molar-refractivity contribution < 1.29 is 27.8 Å². The molecule has 7 heterocycles. The third kappa shape index (κ3) is 5.13. The number of carbonyl (C=O) groups is 1. The van der Waals surface area contributed by atoms with Crippen LogP contribution < -0.4 is 19.7 Å². The molecule has 2 bridgehead atoms. The Kier molecular flexibility index (Phi) is 7.66. The molecule has 0 spiro atoms. The summed E-state index contributed by atoms with van der Waals surface area (Å²) in [5.41, 5.74) is 0.101. The SMILES string of the molecule is C#Cc1c(F)ccc2cccc(-c3nc4c5c(nc(OCC67CCCN6C(COC(=O)N(C)C)CC7)nc5c3F)N3C[C@@H]5CC[C@@H](N5)[C@H]3CO4)c12. The van der Waals surface area contributed by atoms with E-state index in [0.717, 1.165) is 45.1 Å². The van der Waals surface area contributed by atoms with Crippen LogP contribution in [-0.4, -0.2) is 108 Å². The largest absolute Gasteiger partial charge is 0.475 e. The first-order chi connectivity index (χ1) is 24.7. The number of anilines is 1. The van der Waals surface area contributed by atoms with Crippen LogP contribution in [0.3, 0.4) is 0 Å². The molecule has 9 rings (SSSR count). The van der Waals surface area contributed by atoms with Crippen LogP contribution in [0.5, 0.6) is 11.9 Å². The molecular weight excluding hydrogens is 656 g/mol. The predicted octanol–water partition coefficient (Wildman–Crippen LogP) is 4.88. The maximum atomic E-state index is 17.2. The average Bonchev–Trinajstić information content (AvgIpc) is 3.80. The molecule has 2 unspecified atom stereocenters. The third-order valence-corrected chi connectivity index (χ3v) is 11.6. The van der Waals surface area contributed by atoms with Gasteiger partial charge in [-0.1, -0.05) is 30.2 Å². The first-order valence-electron chi connectivity index (χ1n) is 17.7. The Morgan fingerprint density at radius 2 is 2.02 bits per heavy atom. The van der Waals surface area contributed by atoms with Crippen molar-refractivity contribution in [3.63, 3.8) is 0 Å². The fourth-order valence-corrected chi connectivity index (χ4v) is 9.14. The molecule has 1 N–H and O–H groups in total. The molecule has 4 saturated heterocycles. The number of nitrogens with zero attached hydrogens (tertiary/aromatic N) is 6. The fraction of sp³-hybridized carbons (Fsp3) is 0.474. The number of amides is 1. The molecule has 1 amide bonds. The first kappa shape index (κ1) is 32.1. The first-order valence-corrected chi connectivity index (χ1v) is 17.7. The Balaban J connectivity index is 1.14. The lowest BCUT2D eigenvalue weighted by Gasteiger charge is -2.40. The van der Waals surface area contributed by atoms with Crippen LogP contribution in [-0.2, 0) is 4.74 Å². The Morgan fingerprint density at radius 3 is 2.86 bits per heavy atom. The highest BCUT2D eigenvalue weighted by Crippen LogP contribution is 2.46. The zero-order valence-electron chi connectivity index (χ0n) is 28.6. The van der Waals surface area contributed by atoms with Crippen LogP contribution in [0, 0.1) is 24.0 Å². The monoisotopic (exact) mass is 695 g/mol. The fourth-order valence-electron chi connectivity index (χ4n) is 9.14. The number of terminal acetylenes is 1. The van der Waals surface area contributed by atoms with Gasteiger partial charge in [-0.15, -0.1) is 6.42 Å². The van der Waals surface area contributed by atoms with Gasteiger partial charge in [0.15, 0.2) is 5.82 Å². The van der Waals surface area contributed by atoms with Crippen LogP contribution in [0.15, 0.2) is 30.3 Å². The van der Waals surface area contributed by atoms with E-state index in [9.17, 15) is 4.79 Å². The van der Waals surface area contributed by atoms with Crippen molar-refractivity contribution in [2.75, 3.05) is 51.9 Å². The number of carbonyl (C=O) groups excluding carboxylic acids is 1. The van der Waals surface area contributed by atoms with Gasteiger partial charge in [0, 0.05) is 49.7 Å². The highest BCUT2D eigenvalue weighted by molar-refractivity contribution is 6.03. The molecule has 0 aliphatic carbocycles. The maximum Gasteiger partial charge on any atom is 0.409 e. The van der Waals surface area contributed by atoms with Crippen molar-refractivity contribution in [3.05, 3.63) is 47.5 Å². The molecule has 4 aromatic rings. The summed E-state index contributed by atoms with van der Waals surface area (Å²) < 4.78 is 50.7. The minimum Gasteiger partial charge on any atom is -0.475 e. The molecule has 51 heavy (non-hydrogen) atoms. The number of aromatic nitrogens is 3. The molecular formula is C38H39F2N7O4. The molecule has 0 radical (unpaired) electrons. The summed E-state index contributed by atoms with van der Waals surface area (Å²) in [4.78, 5) is 32.7. The van der Waals surface area contributed by atoms with Gasteiger partial charge in [0.05, 0.1) is 17.1 Å². The minimum atomic E-state index is -0.688. The van der Waals surface area contributed by atoms with Gasteiger partial charge in [-0.25, -0.2) is 18.6 Å². The second-order valence-corrected chi connectivity index (χ2v) is 14.7. The lowest BCUT2D eigenvalue weighted by atomic mass is 9.95. The number of pyridine rings is 1. The lowest BCUT2D eigenvalue weighted by Crippen LogP contribution is -2.60. The molecule has 0 saturated carbocycles. The summed E-state index contributed by atoms with van der Waals surface area (Å²) in [6, 6.07) is 8.76. The number of benzene rings is 2. The second-order valence-electron chi connectivity index (χ2n) is 14.7. The van der Waals surface area contributed by atoms with Gasteiger partial charge in [0.2, 0.25) is 5.88 Å². The van der Waals surface area contributed by atoms with E-state index >= 15 is 8.78 Å². The van der Waals surface area contributed by atoms with Gasteiger partial charge in [-0.05, 0) is 56.5 Å². The van der Waals surface area contributed by atoms with Crippen LogP contribution in [0.1, 0.15) is 44.1 Å². The Bertz CT molecular complexity index is 2120. The summed E-state index contributed by atoms with van der Waals surface area (Å²) in [6.45, 7) is 2.49. The molecule has 4 fully saturated rings. The van der Waals surface area contributed by atoms with Gasteiger partial charge in [-0.2, -0.15) is 9.97 Å². The number of rotatable bonds is 6. The van der Waals surface area contributed by atoms with Crippen molar-refractivity contribution in [1.29, 1.82) is 0 Å². The van der Waals surface area contributed by atoms with Gasteiger partial charge in [0.25, 0.3) is 0 Å². The topological polar surface area (TPSA) is 105 Å². The average molecular weight is 696 g/mol. The summed E-state index contributed by atoms with van der Waals surface area (Å²) in [7, 11) is 3.34. The second kappa shape index (κ2) is 12.2. The van der Waals surface area contributed by atoms with Crippen LogP contribution in [0.4, 0.5) is 19.4 Å². The van der Waals surface area contributed by atoms with Crippen molar-refractivity contribution in [1.82, 2.24) is 30.1 Å². The number of halogens is 2. The smallest absolute Gasteiger partial charge is 0.409 e. The van der Waals surface area contributed by atoms with Crippen LogP contribution in [0.25, 0.3) is 32.9 Å². The molecule has 2 aromatic heterocycles. The van der Waals surface area contributed by atoms with Gasteiger partial charge < -0.3 is 29.3 Å². The van der Waals surface area contributed by atoms with E-state index < -0.39 is 11.6 Å². The quantitative estimate of drug-likeness (QED) is 0.281. The van der Waals surface area contributed by atoms with Crippen molar-refractivity contribution in [2.24, 2.45) is 0 Å². The number of nitrogens with one attached hydrogen (secondary N) is 1. The highest BCUT2D eigenvalue weighted by Gasteiger charge is 2.50. The lowest BCUT2D eigenvalue weighted by molar-refractivity contribution is 0.0484.